The third-order valence-corrected chi connectivity index (χ3v) is 3.58. The molecule has 0 amide bonds. The number of aromatic nitrogens is 1. The summed E-state index contributed by atoms with van der Waals surface area (Å²) < 4.78 is 12.0. The van der Waals surface area contributed by atoms with Gasteiger partial charge < -0.3 is 19.1 Å². The first-order valence-electron chi connectivity index (χ1n) is 7.39. The van der Waals surface area contributed by atoms with E-state index in [2.05, 4.69) is 0 Å². The predicted molar refractivity (Wildman–Crippen MR) is 88.8 cm³/mol. The summed E-state index contributed by atoms with van der Waals surface area (Å²) in [6, 6.07) is 6.81. The van der Waals surface area contributed by atoms with Crippen molar-refractivity contribution in [2.24, 2.45) is 7.05 Å². The standard InChI is InChI=1S/C18H21NO4/c1-5-14(15-10-13(22-4)7-8-17(15)20)12-9-16(19(3)11-12)18(21)23-6-2/h5,7-11,20H,6H2,1-4H3/b14-5+. The number of benzene rings is 1. The van der Waals surface area contributed by atoms with Crippen LogP contribution >= 0.6 is 0 Å². The van der Waals surface area contributed by atoms with E-state index in [9.17, 15) is 9.90 Å². The van der Waals surface area contributed by atoms with Gasteiger partial charge in [-0.2, -0.15) is 0 Å². The van der Waals surface area contributed by atoms with E-state index in [1.807, 2.05) is 19.2 Å². The van der Waals surface area contributed by atoms with Gasteiger partial charge in [0.1, 0.15) is 17.2 Å². The normalized spacial score (nSPS) is 11.4. The molecule has 0 aliphatic rings. The molecule has 0 unspecified atom stereocenters. The Morgan fingerprint density at radius 3 is 2.70 bits per heavy atom. The van der Waals surface area contributed by atoms with Crippen molar-refractivity contribution >= 4 is 11.5 Å². The molecule has 5 heteroatoms. The Hall–Kier alpha value is -2.69. The molecule has 2 aromatic rings. The van der Waals surface area contributed by atoms with E-state index in [0.717, 1.165) is 11.1 Å². The zero-order valence-electron chi connectivity index (χ0n) is 13.8. The minimum atomic E-state index is -0.369. The second-order valence-electron chi connectivity index (χ2n) is 5.03. The van der Waals surface area contributed by atoms with Crippen LogP contribution in [0, 0.1) is 0 Å². The van der Waals surface area contributed by atoms with E-state index in [0.29, 0.717) is 23.6 Å². The van der Waals surface area contributed by atoms with Crippen molar-refractivity contribution in [3.8, 4) is 11.5 Å². The summed E-state index contributed by atoms with van der Waals surface area (Å²) in [7, 11) is 3.36. The van der Waals surface area contributed by atoms with Crippen LogP contribution in [0.5, 0.6) is 11.5 Å². The number of hydrogen-bond acceptors (Lipinski definition) is 4. The topological polar surface area (TPSA) is 60.7 Å². The summed E-state index contributed by atoms with van der Waals surface area (Å²) in [5, 5.41) is 10.2. The molecule has 1 N–H and O–H groups in total. The molecular weight excluding hydrogens is 294 g/mol. The molecule has 122 valence electrons. The molecular formula is C18H21NO4. The van der Waals surface area contributed by atoms with Crippen molar-refractivity contribution < 1.29 is 19.4 Å². The summed E-state index contributed by atoms with van der Waals surface area (Å²) in [5.41, 5.74) is 2.74. The maximum absolute atomic E-state index is 12.0. The quantitative estimate of drug-likeness (QED) is 0.859. The Bertz CT molecular complexity index is 743. The first-order chi connectivity index (χ1) is 11.0. The van der Waals surface area contributed by atoms with Gasteiger partial charge in [0.15, 0.2) is 0 Å². The highest BCUT2D eigenvalue weighted by atomic mass is 16.5. The van der Waals surface area contributed by atoms with Crippen molar-refractivity contribution in [3.63, 3.8) is 0 Å². The second kappa shape index (κ2) is 7.05. The lowest BCUT2D eigenvalue weighted by Crippen LogP contribution is -2.08. The molecule has 0 aliphatic heterocycles. The largest absolute Gasteiger partial charge is 0.507 e. The fraction of sp³-hybridized carbons (Fsp3) is 0.278. The van der Waals surface area contributed by atoms with Crippen molar-refractivity contribution in [1.82, 2.24) is 4.57 Å². The number of phenolic OH excluding ortho intramolecular Hbond substituents is 1. The average Bonchev–Trinajstić information content (AvgIpc) is 2.92. The molecule has 0 bridgehead atoms. The van der Waals surface area contributed by atoms with Gasteiger partial charge in [-0.05, 0) is 43.7 Å². The number of hydrogen-bond donors (Lipinski definition) is 1. The zero-order valence-corrected chi connectivity index (χ0v) is 13.8. The number of aryl methyl sites for hydroxylation is 1. The van der Waals surface area contributed by atoms with Gasteiger partial charge in [0.25, 0.3) is 0 Å². The number of allylic oxidation sites excluding steroid dienone is 1. The van der Waals surface area contributed by atoms with Gasteiger partial charge >= 0.3 is 5.97 Å². The maximum atomic E-state index is 12.0. The van der Waals surface area contributed by atoms with Gasteiger partial charge in [-0.15, -0.1) is 0 Å². The van der Waals surface area contributed by atoms with Gasteiger partial charge in [-0.3, -0.25) is 0 Å². The highest BCUT2D eigenvalue weighted by molar-refractivity contribution is 5.91. The molecule has 1 heterocycles. The van der Waals surface area contributed by atoms with Crippen molar-refractivity contribution in [3.05, 3.63) is 53.4 Å². The second-order valence-corrected chi connectivity index (χ2v) is 5.03. The first kappa shape index (κ1) is 16.7. The molecule has 1 aromatic heterocycles. The van der Waals surface area contributed by atoms with Crippen LogP contribution in [-0.2, 0) is 11.8 Å². The molecule has 0 saturated heterocycles. The number of rotatable bonds is 5. The molecule has 0 radical (unpaired) electrons. The van der Waals surface area contributed by atoms with E-state index in [1.54, 1.807) is 49.9 Å². The monoisotopic (exact) mass is 315 g/mol. The number of nitrogens with zero attached hydrogens (tertiary/aromatic N) is 1. The molecule has 0 saturated carbocycles. The fourth-order valence-corrected chi connectivity index (χ4v) is 2.46. The van der Waals surface area contributed by atoms with Crippen LogP contribution in [0.1, 0.15) is 35.5 Å². The van der Waals surface area contributed by atoms with Crippen molar-refractivity contribution in [2.45, 2.75) is 13.8 Å². The van der Waals surface area contributed by atoms with Gasteiger partial charge in [0.05, 0.1) is 13.7 Å². The van der Waals surface area contributed by atoms with Crippen LogP contribution < -0.4 is 4.74 Å². The Morgan fingerprint density at radius 2 is 2.09 bits per heavy atom. The summed E-state index contributed by atoms with van der Waals surface area (Å²) in [6.45, 7) is 3.98. The zero-order chi connectivity index (χ0) is 17.0. The molecule has 23 heavy (non-hydrogen) atoms. The van der Waals surface area contributed by atoms with E-state index >= 15 is 0 Å². The Balaban J connectivity index is 2.47. The van der Waals surface area contributed by atoms with Crippen molar-refractivity contribution in [2.75, 3.05) is 13.7 Å². The molecule has 5 nitrogen and oxygen atoms in total. The Morgan fingerprint density at radius 1 is 1.35 bits per heavy atom. The van der Waals surface area contributed by atoms with Crippen LogP contribution in [0.15, 0.2) is 36.5 Å². The SMILES string of the molecule is C/C=C(\c1cc(C(=O)OCC)n(C)c1)c1cc(OC)ccc1O. The van der Waals surface area contributed by atoms with Crippen LogP contribution in [0.4, 0.5) is 0 Å². The fourth-order valence-electron chi connectivity index (χ4n) is 2.46. The molecule has 2 rings (SSSR count). The first-order valence-corrected chi connectivity index (χ1v) is 7.39. The Labute approximate surface area is 135 Å². The predicted octanol–water partition coefficient (Wildman–Crippen LogP) is 3.37. The van der Waals surface area contributed by atoms with Crippen LogP contribution in [0.25, 0.3) is 5.57 Å². The van der Waals surface area contributed by atoms with Crippen LogP contribution in [0.3, 0.4) is 0 Å². The summed E-state index contributed by atoms with van der Waals surface area (Å²) in [6.07, 6.45) is 3.72. The number of methoxy groups -OCH3 is 1. The van der Waals surface area contributed by atoms with Gasteiger partial charge in [-0.1, -0.05) is 6.08 Å². The molecule has 0 spiro atoms. The number of ether oxygens (including phenoxy) is 2. The van der Waals surface area contributed by atoms with E-state index in [1.165, 1.54) is 0 Å². The minimum Gasteiger partial charge on any atom is -0.507 e. The number of phenols is 1. The summed E-state index contributed by atoms with van der Waals surface area (Å²) in [5.74, 6) is 0.436. The average molecular weight is 315 g/mol. The number of carbonyl (C=O) groups is 1. The minimum absolute atomic E-state index is 0.153. The van der Waals surface area contributed by atoms with E-state index in [-0.39, 0.29) is 11.7 Å². The highest BCUT2D eigenvalue weighted by Gasteiger charge is 2.17. The lowest BCUT2D eigenvalue weighted by Gasteiger charge is -2.10. The van der Waals surface area contributed by atoms with E-state index in [4.69, 9.17) is 9.47 Å². The number of carbonyl (C=O) groups excluding carboxylic acids is 1. The molecule has 0 atom stereocenters. The lowest BCUT2D eigenvalue weighted by molar-refractivity contribution is 0.0515. The molecule has 0 aliphatic carbocycles. The molecule has 0 fully saturated rings. The third-order valence-electron chi connectivity index (χ3n) is 3.58. The van der Waals surface area contributed by atoms with Gasteiger partial charge in [0.2, 0.25) is 0 Å². The van der Waals surface area contributed by atoms with Gasteiger partial charge in [0, 0.05) is 24.4 Å². The van der Waals surface area contributed by atoms with E-state index < -0.39 is 0 Å². The third kappa shape index (κ3) is 3.39. The lowest BCUT2D eigenvalue weighted by atomic mass is 9.98. The van der Waals surface area contributed by atoms with Crippen molar-refractivity contribution in [1.29, 1.82) is 0 Å². The Kier molecular flexibility index (Phi) is 5.11. The highest BCUT2D eigenvalue weighted by Crippen LogP contribution is 2.34. The number of aromatic hydroxyl groups is 1. The number of esters is 1. The summed E-state index contributed by atoms with van der Waals surface area (Å²) in [4.78, 5) is 12.0. The van der Waals surface area contributed by atoms with Crippen LogP contribution in [0.2, 0.25) is 0 Å². The van der Waals surface area contributed by atoms with Gasteiger partial charge in [-0.25, -0.2) is 4.79 Å². The summed E-state index contributed by atoms with van der Waals surface area (Å²) >= 11 is 0. The molecule has 1 aromatic carbocycles. The maximum Gasteiger partial charge on any atom is 0.354 e. The smallest absolute Gasteiger partial charge is 0.354 e. The van der Waals surface area contributed by atoms with Crippen LogP contribution in [-0.4, -0.2) is 29.4 Å².